The van der Waals surface area contributed by atoms with Gasteiger partial charge in [0.05, 0.1) is 0 Å². The molecule has 2 aromatic carbocycles. The van der Waals surface area contributed by atoms with Crippen LogP contribution in [0, 0.1) is 0 Å². The number of hydrogen-bond acceptors (Lipinski definition) is 3. The highest BCUT2D eigenvalue weighted by molar-refractivity contribution is 9.10. The molecule has 1 saturated heterocycles. The second-order valence-corrected chi connectivity index (χ2v) is 7.28. The van der Waals surface area contributed by atoms with E-state index in [1.807, 2.05) is 6.07 Å². The maximum absolute atomic E-state index is 12.9. The van der Waals surface area contributed by atoms with Crippen molar-refractivity contribution in [3.8, 4) is 0 Å². The van der Waals surface area contributed by atoms with E-state index in [4.69, 9.17) is 11.6 Å². The second-order valence-electron chi connectivity index (χ2n) is 5.98. The average Bonchev–Trinajstić information content (AvgIpc) is 2.79. The van der Waals surface area contributed by atoms with Crippen LogP contribution in [0.1, 0.15) is 12.5 Å². The quantitative estimate of drug-likeness (QED) is 0.720. The van der Waals surface area contributed by atoms with Crippen LogP contribution in [-0.4, -0.2) is 29.3 Å². The van der Waals surface area contributed by atoms with Crippen molar-refractivity contribution in [2.24, 2.45) is 0 Å². The number of urea groups is 1. The number of nitrogens with zero attached hydrogens (tertiary/aromatic N) is 1. The third-order valence-electron chi connectivity index (χ3n) is 4.10. The van der Waals surface area contributed by atoms with Crippen molar-refractivity contribution in [2.45, 2.75) is 12.5 Å². The summed E-state index contributed by atoms with van der Waals surface area (Å²) in [5, 5.41) is 5.77. The minimum Gasteiger partial charge on any atom is -0.324 e. The predicted octanol–water partition coefficient (Wildman–Crippen LogP) is 3.51. The zero-order valence-corrected chi connectivity index (χ0v) is 16.1. The van der Waals surface area contributed by atoms with Crippen molar-refractivity contribution in [2.75, 3.05) is 11.9 Å². The van der Waals surface area contributed by atoms with E-state index in [-0.39, 0.29) is 0 Å². The molecule has 1 aliphatic heterocycles. The van der Waals surface area contributed by atoms with Crippen molar-refractivity contribution in [1.29, 1.82) is 0 Å². The van der Waals surface area contributed by atoms with Crippen LogP contribution in [0.4, 0.5) is 10.5 Å². The molecule has 0 spiro atoms. The highest BCUT2D eigenvalue weighted by atomic mass is 79.9. The van der Waals surface area contributed by atoms with Gasteiger partial charge in [0.1, 0.15) is 12.1 Å². The highest BCUT2D eigenvalue weighted by Gasteiger charge is 2.50. The number of imide groups is 1. The average molecular weight is 437 g/mol. The van der Waals surface area contributed by atoms with Crippen molar-refractivity contribution in [1.82, 2.24) is 10.2 Å². The molecule has 2 N–H and O–H groups in total. The number of carbonyl (C=O) groups is 3. The van der Waals surface area contributed by atoms with Crippen LogP contribution in [0.3, 0.4) is 0 Å². The van der Waals surface area contributed by atoms with E-state index in [0.717, 1.165) is 4.90 Å². The third-order valence-corrected chi connectivity index (χ3v) is 5.02. The van der Waals surface area contributed by atoms with E-state index in [1.54, 1.807) is 49.4 Å². The second kappa shape index (κ2) is 7.09. The molecule has 1 fully saturated rings. The standard InChI is InChI=1S/C18H15BrClN3O3/c1-18(13-7-2-3-8-14(13)19)16(25)23(17(26)22-18)10-15(24)21-12-6-4-5-11(20)9-12/h2-9H,10H2,1H3,(H,21,24)(H,22,26)/t18-/m1/s1. The normalized spacial score (nSPS) is 19.4. The van der Waals surface area contributed by atoms with Gasteiger partial charge < -0.3 is 10.6 Å². The lowest BCUT2D eigenvalue weighted by Gasteiger charge is -2.23. The third kappa shape index (κ3) is 3.45. The first-order valence-electron chi connectivity index (χ1n) is 7.76. The van der Waals surface area contributed by atoms with Gasteiger partial charge in [-0.1, -0.05) is 51.8 Å². The number of benzene rings is 2. The molecule has 26 heavy (non-hydrogen) atoms. The summed E-state index contributed by atoms with van der Waals surface area (Å²) in [5.41, 5.74) is -0.132. The van der Waals surface area contributed by atoms with E-state index in [2.05, 4.69) is 26.6 Å². The molecule has 0 unspecified atom stereocenters. The molecule has 3 rings (SSSR count). The number of hydrogen-bond donors (Lipinski definition) is 2. The van der Waals surface area contributed by atoms with Gasteiger partial charge in [-0.25, -0.2) is 4.79 Å². The number of anilines is 1. The molecular formula is C18H15BrClN3O3. The fraction of sp³-hybridized carbons (Fsp3) is 0.167. The van der Waals surface area contributed by atoms with Gasteiger partial charge in [-0.2, -0.15) is 0 Å². The Bertz CT molecular complexity index is 905. The van der Waals surface area contributed by atoms with Gasteiger partial charge in [-0.15, -0.1) is 0 Å². The Hall–Kier alpha value is -2.38. The van der Waals surface area contributed by atoms with Crippen LogP contribution in [0.2, 0.25) is 5.02 Å². The summed E-state index contributed by atoms with van der Waals surface area (Å²) < 4.78 is 0.696. The summed E-state index contributed by atoms with van der Waals surface area (Å²) in [6, 6.07) is 13.1. The summed E-state index contributed by atoms with van der Waals surface area (Å²) in [5.74, 6) is -0.984. The van der Waals surface area contributed by atoms with Crippen molar-refractivity contribution in [3.63, 3.8) is 0 Å². The number of amides is 4. The fourth-order valence-corrected chi connectivity index (χ4v) is 3.67. The van der Waals surface area contributed by atoms with E-state index in [1.165, 1.54) is 0 Å². The fourth-order valence-electron chi connectivity index (χ4n) is 2.80. The SMILES string of the molecule is C[C@]1(c2ccccc2Br)NC(=O)N(CC(=O)Nc2cccc(Cl)c2)C1=O. The predicted molar refractivity (Wildman–Crippen MR) is 102 cm³/mol. The Morgan fingerprint density at radius 3 is 2.65 bits per heavy atom. The molecular weight excluding hydrogens is 422 g/mol. The van der Waals surface area contributed by atoms with Crippen LogP contribution in [0.5, 0.6) is 0 Å². The molecule has 1 atom stereocenters. The molecule has 1 heterocycles. The molecule has 0 aromatic heterocycles. The van der Waals surface area contributed by atoms with Gasteiger partial charge in [0.25, 0.3) is 5.91 Å². The van der Waals surface area contributed by atoms with Crippen molar-refractivity contribution in [3.05, 3.63) is 63.6 Å². The lowest BCUT2D eigenvalue weighted by Crippen LogP contribution is -2.42. The smallest absolute Gasteiger partial charge is 0.324 e. The lowest BCUT2D eigenvalue weighted by atomic mass is 9.92. The van der Waals surface area contributed by atoms with Gasteiger partial charge in [-0.05, 0) is 31.2 Å². The van der Waals surface area contributed by atoms with E-state index in [0.29, 0.717) is 20.7 Å². The summed E-state index contributed by atoms with van der Waals surface area (Å²) in [6.45, 7) is 1.22. The Morgan fingerprint density at radius 1 is 1.23 bits per heavy atom. The van der Waals surface area contributed by atoms with Gasteiger partial charge in [0.2, 0.25) is 5.91 Å². The van der Waals surface area contributed by atoms with Gasteiger partial charge in [0, 0.05) is 20.7 Å². The Morgan fingerprint density at radius 2 is 1.96 bits per heavy atom. The Kier molecular flexibility index (Phi) is 5.02. The summed E-state index contributed by atoms with van der Waals surface area (Å²) in [6.07, 6.45) is 0. The topological polar surface area (TPSA) is 78.5 Å². The Balaban J connectivity index is 1.77. The Labute approximate surface area is 163 Å². The number of halogens is 2. The maximum atomic E-state index is 12.9. The monoisotopic (exact) mass is 435 g/mol. The molecule has 134 valence electrons. The molecule has 2 aromatic rings. The molecule has 4 amide bonds. The van der Waals surface area contributed by atoms with Gasteiger partial charge >= 0.3 is 6.03 Å². The van der Waals surface area contributed by atoms with Crippen LogP contribution >= 0.6 is 27.5 Å². The van der Waals surface area contributed by atoms with Gasteiger partial charge in [0.15, 0.2) is 0 Å². The summed E-state index contributed by atoms with van der Waals surface area (Å²) >= 11 is 9.28. The molecule has 8 heteroatoms. The lowest BCUT2D eigenvalue weighted by molar-refractivity contribution is -0.133. The number of nitrogens with one attached hydrogen (secondary N) is 2. The van der Waals surface area contributed by atoms with Crippen LogP contribution in [-0.2, 0) is 15.1 Å². The molecule has 0 radical (unpaired) electrons. The largest absolute Gasteiger partial charge is 0.325 e. The first kappa shape index (κ1) is 18.4. The first-order chi connectivity index (χ1) is 12.3. The molecule has 6 nitrogen and oxygen atoms in total. The van der Waals surface area contributed by atoms with Crippen LogP contribution in [0.25, 0.3) is 0 Å². The number of rotatable bonds is 4. The minimum atomic E-state index is -1.24. The van der Waals surface area contributed by atoms with Crippen LogP contribution in [0.15, 0.2) is 53.0 Å². The molecule has 0 saturated carbocycles. The van der Waals surface area contributed by atoms with E-state index < -0.39 is 29.9 Å². The summed E-state index contributed by atoms with van der Waals surface area (Å²) in [7, 11) is 0. The molecule has 0 aliphatic carbocycles. The zero-order valence-electron chi connectivity index (χ0n) is 13.8. The highest BCUT2D eigenvalue weighted by Crippen LogP contribution is 2.33. The zero-order chi connectivity index (χ0) is 18.9. The molecule has 0 bridgehead atoms. The van der Waals surface area contributed by atoms with E-state index >= 15 is 0 Å². The first-order valence-corrected chi connectivity index (χ1v) is 8.93. The minimum absolute atomic E-state index is 0.392. The molecule has 1 aliphatic rings. The van der Waals surface area contributed by atoms with Crippen molar-refractivity contribution >= 4 is 51.1 Å². The maximum Gasteiger partial charge on any atom is 0.325 e. The summed E-state index contributed by atoms with van der Waals surface area (Å²) in [4.78, 5) is 38.3. The number of carbonyl (C=O) groups excluding carboxylic acids is 3. The van der Waals surface area contributed by atoms with Gasteiger partial charge in [-0.3, -0.25) is 14.5 Å². The van der Waals surface area contributed by atoms with E-state index in [9.17, 15) is 14.4 Å². The van der Waals surface area contributed by atoms with Crippen LogP contribution < -0.4 is 10.6 Å². The van der Waals surface area contributed by atoms with Crippen molar-refractivity contribution < 1.29 is 14.4 Å².